The molecule has 5 nitrogen and oxygen atoms in total. The average molecular weight is 154 g/mol. The van der Waals surface area contributed by atoms with Crippen molar-refractivity contribution in [3.05, 3.63) is 16.7 Å². The first kappa shape index (κ1) is 7.87. The van der Waals surface area contributed by atoms with Gasteiger partial charge in [0.05, 0.1) is 5.69 Å². The second kappa shape index (κ2) is 3.25. The lowest BCUT2D eigenvalue weighted by Gasteiger charge is -1.97. The Morgan fingerprint density at radius 2 is 2.55 bits per heavy atom. The highest BCUT2D eigenvalue weighted by Crippen LogP contribution is 2.10. The lowest BCUT2D eigenvalue weighted by atomic mass is 10.4. The molecule has 1 aromatic rings. The van der Waals surface area contributed by atoms with E-state index < -0.39 is 0 Å². The Morgan fingerprint density at radius 3 is 3.00 bits per heavy atom. The van der Waals surface area contributed by atoms with Crippen LogP contribution in [-0.4, -0.2) is 16.8 Å². The van der Waals surface area contributed by atoms with E-state index in [0.717, 1.165) is 5.69 Å². The van der Waals surface area contributed by atoms with E-state index in [1.807, 2.05) is 7.05 Å². The minimum Gasteiger partial charge on any atom is -0.314 e. The van der Waals surface area contributed by atoms with Gasteiger partial charge in [-0.15, -0.1) is 10.0 Å². The molecule has 1 N–H and O–H groups in total. The molecule has 0 atom stereocenters. The minimum atomic E-state index is 0.234. The third-order valence-electron chi connectivity index (χ3n) is 1.42. The molecule has 0 radical (unpaired) electrons. The molecule has 1 rings (SSSR count). The van der Waals surface area contributed by atoms with Gasteiger partial charge in [0.1, 0.15) is 0 Å². The van der Waals surface area contributed by atoms with E-state index >= 15 is 0 Å². The molecular weight excluding hydrogens is 144 g/mol. The highest BCUT2D eigenvalue weighted by atomic mass is 16.3. The van der Waals surface area contributed by atoms with Crippen LogP contribution in [0.2, 0.25) is 0 Å². The lowest BCUT2D eigenvalue weighted by molar-refractivity contribution is 0.673. The maximum Gasteiger partial charge on any atom is 0.217 e. The highest BCUT2D eigenvalue weighted by molar-refractivity contribution is 5.28. The SMILES string of the molecule is CNCc1cc(N=O)nn1C. The van der Waals surface area contributed by atoms with Gasteiger partial charge < -0.3 is 5.32 Å². The monoisotopic (exact) mass is 154 g/mol. The third kappa shape index (κ3) is 1.62. The number of nitrogens with zero attached hydrogens (tertiary/aromatic N) is 3. The summed E-state index contributed by atoms with van der Waals surface area (Å²) in [6.07, 6.45) is 0. The van der Waals surface area contributed by atoms with E-state index in [2.05, 4.69) is 15.6 Å². The van der Waals surface area contributed by atoms with Crippen LogP contribution in [0, 0.1) is 4.91 Å². The molecule has 0 aliphatic rings. The van der Waals surface area contributed by atoms with Crippen LogP contribution in [0.1, 0.15) is 5.69 Å². The van der Waals surface area contributed by atoms with Gasteiger partial charge in [0.25, 0.3) is 0 Å². The topological polar surface area (TPSA) is 59.3 Å². The zero-order valence-electron chi connectivity index (χ0n) is 6.53. The van der Waals surface area contributed by atoms with Gasteiger partial charge in [-0.1, -0.05) is 0 Å². The Hall–Kier alpha value is -1.23. The van der Waals surface area contributed by atoms with Crippen molar-refractivity contribution in [2.24, 2.45) is 12.2 Å². The van der Waals surface area contributed by atoms with Crippen LogP contribution in [0.15, 0.2) is 11.2 Å². The Bertz CT molecular complexity index is 255. The lowest BCUT2D eigenvalue weighted by Crippen LogP contribution is -2.09. The number of hydrogen-bond donors (Lipinski definition) is 1. The molecule has 5 heteroatoms. The Balaban J connectivity index is 2.87. The first-order chi connectivity index (χ1) is 5.27. The van der Waals surface area contributed by atoms with Crippen molar-refractivity contribution in [1.82, 2.24) is 15.1 Å². The average Bonchev–Trinajstić information content (AvgIpc) is 2.33. The van der Waals surface area contributed by atoms with Crippen molar-refractivity contribution in [2.45, 2.75) is 6.54 Å². The smallest absolute Gasteiger partial charge is 0.217 e. The fourth-order valence-corrected chi connectivity index (χ4v) is 0.880. The molecule has 0 aromatic carbocycles. The summed E-state index contributed by atoms with van der Waals surface area (Å²) in [6.45, 7) is 0.693. The van der Waals surface area contributed by atoms with Crippen LogP contribution in [0.25, 0.3) is 0 Å². The molecule has 0 aliphatic carbocycles. The van der Waals surface area contributed by atoms with Crippen molar-refractivity contribution in [3.63, 3.8) is 0 Å². The molecule has 11 heavy (non-hydrogen) atoms. The predicted molar refractivity (Wildman–Crippen MR) is 41.4 cm³/mol. The molecule has 0 aliphatic heterocycles. The molecule has 1 heterocycles. The van der Waals surface area contributed by atoms with E-state index in [1.54, 1.807) is 17.8 Å². The maximum atomic E-state index is 10.0. The van der Waals surface area contributed by atoms with Gasteiger partial charge in [-0.3, -0.25) is 4.68 Å². The predicted octanol–water partition coefficient (Wildman–Crippen LogP) is 0.537. The van der Waals surface area contributed by atoms with E-state index in [1.165, 1.54) is 0 Å². The van der Waals surface area contributed by atoms with Crippen molar-refractivity contribution in [3.8, 4) is 0 Å². The first-order valence-corrected chi connectivity index (χ1v) is 3.29. The summed E-state index contributed by atoms with van der Waals surface area (Å²) in [7, 11) is 3.61. The zero-order valence-corrected chi connectivity index (χ0v) is 6.53. The van der Waals surface area contributed by atoms with Crippen molar-refractivity contribution in [2.75, 3.05) is 7.05 Å². The Labute approximate surface area is 64.4 Å². The van der Waals surface area contributed by atoms with Crippen LogP contribution in [0.3, 0.4) is 0 Å². The normalized spacial score (nSPS) is 10.0. The number of nitrogens with one attached hydrogen (secondary N) is 1. The van der Waals surface area contributed by atoms with Crippen molar-refractivity contribution < 1.29 is 0 Å². The summed E-state index contributed by atoms with van der Waals surface area (Å²) in [4.78, 5) is 10.0. The third-order valence-corrected chi connectivity index (χ3v) is 1.42. The van der Waals surface area contributed by atoms with Gasteiger partial charge >= 0.3 is 0 Å². The molecule has 0 amide bonds. The van der Waals surface area contributed by atoms with E-state index in [-0.39, 0.29) is 5.82 Å². The molecule has 0 unspecified atom stereocenters. The van der Waals surface area contributed by atoms with Gasteiger partial charge in [-0.25, -0.2) is 0 Å². The highest BCUT2D eigenvalue weighted by Gasteiger charge is 2.02. The maximum absolute atomic E-state index is 10.0. The van der Waals surface area contributed by atoms with Gasteiger partial charge in [-0.2, -0.15) is 0 Å². The minimum absolute atomic E-state index is 0.234. The summed E-state index contributed by atoms with van der Waals surface area (Å²) < 4.78 is 1.63. The molecule has 1 aromatic heterocycles. The molecule has 0 spiro atoms. The number of aromatic nitrogens is 2. The van der Waals surface area contributed by atoms with E-state index in [4.69, 9.17) is 0 Å². The summed E-state index contributed by atoms with van der Waals surface area (Å²) in [5, 5.41) is 9.53. The van der Waals surface area contributed by atoms with Crippen LogP contribution in [0.5, 0.6) is 0 Å². The Morgan fingerprint density at radius 1 is 1.82 bits per heavy atom. The van der Waals surface area contributed by atoms with Crippen LogP contribution >= 0.6 is 0 Å². The standard InChI is InChI=1S/C6H10N4O/c1-7-4-5-3-6(9-11)8-10(5)2/h3,7H,4H2,1-2H3. The van der Waals surface area contributed by atoms with Crippen molar-refractivity contribution >= 4 is 5.82 Å². The number of hydrogen-bond acceptors (Lipinski definition) is 4. The molecule has 0 fully saturated rings. The van der Waals surface area contributed by atoms with Crippen LogP contribution < -0.4 is 5.32 Å². The Kier molecular flexibility index (Phi) is 2.32. The largest absolute Gasteiger partial charge is 0.314 e. The number of rotatable bonds is 3. The summed E-state index contributed by atoms with van der Waals surface area (Å²) in [5.74, 6) is 0.234. The number of aryl methyl sites for hydroxylation is 1. The molecule has 0 bridgehead atoms. The second-order valence-corrected chi connectivity index (χ2v) is 2.24. The summed E-state index contributed by atoms with van der Waals surface area (Å²) in [5.41, 5.74) is 0.946. The second-order valence-electron chi connectivity index (χ2n) is 2.24. The summed E-state index contributed by atoms with van der Waals surface area (Å²) in [6, 6.07) is 1.66. The molecule has 0 saturated heterocycles. The van der Waals surface area contributed by atoms with Crippen molar-refractivity contribution in [1.29, 1.82) is 0 Å². The first-order valence-electron chi connectivity index (χ1n) is 3.29. The van der Waals surface area contributed by atoms with Gasteiger partial charge in [-0.05, 0) is 12.2 Å². The van der Waals surface area contributed by atoms with E-state index in [0.29, 0.717) is 6.54 Å². The summed E-state index contributed by atoms with van der Waals surface area (Å²) >= 11 is 0. The van der Waals surface area contributed by atoms with Gasteiger partial charge in [0.2, 0.25) is 5.82 Å². The van der Waals surface area contributed by atoms with E-state index in [9.17, 15) is 4.91 Å². The van der Waals surface area contributed by atoms with Gasteiger partial charge in [0, 0.05) is 19.7 Å². The molecular formula is C6H10N4O. The van der Waals surface area contributed by atoms with Gasteiger partial charge in [0.15, 0.2) is 0 Å². The van der Waals surface area contributed by atoms with Crippen LogP contribution in [0.4, 0.5) is 5.82 Å². The fourth-order valence-electron chi connectivity index (χ4n) is 0.880. The fraction of sp³-hybridized carbons (Fsp3) is 0.500. The molecule has 0 saturated carbocycles. The zero-order chi connectivity index (χ0) is 8.27. The molecule has 60 valence electrons. The quantitative estimate of drug-likeness (QED) is 0.646. The van der Waals surface area contributed by atoms with Crippen LogP contribution in [-0.2, 0) is 13.6 Å². The number of nitroso groups, excluding NO2 is 1.